The molecule has 1 aromatic heterocycles. The van der Waals surface area contributed by atoms with Gasteiger partial charge in [-0.2, -0.15) is 0 Å². The number of aliphatic hydroxyl groups is 1. The van der Waals surface area contributed by atoms with Gasteiger partial charge in [0.25, 0.3) is 0 Å². The van der Waals surface area contributed by atoms with E-state index in [1.165, 1.54) is 11.8 Å². The maximum atomic E-state index is 9.99. The molecule has 18 heavy (non-hydrogen) atoms. The fourth-order valence-electron chi connectivity index (χ4n) is 1.42. The molecule has 6 heteroatoms. The first kappa shape index (κ1) is 13.1. The van der Waals surface area contributed by atoms with Gasteiger partial charge in [-0.1, -0.05) is 41.9 Å². The highest BCUT2D eigenvalue weighted by Gasteiger charge is 2.09. The third-order valence-corrected chi connectivity index (χ3v) is 3.44. The van der Waals surface area contributed by atoms with Gasteiger partial charge in [0.15, 0.2) is 0 Å². The van der Waals surface area contributed by atoms with E-state index < -0.39 is 6.10 Å². The number of benzene rings is 1. The first-order valence-corrected chi connectivity index (χ1v) is 6.67. The molecule has 1 atom stereocenters. The normalized spacial score (nSPS) is 12.3. The second-order valence-electron chi connectivity index (χ2n) is 3.62. The molecular weight excluding hydrogens is 270 g/mol. The Kier molecular flexibility index (Phi) is 4.41. The van der Waals surface area contributed by atoms with Crippen molar-refractivity contribution in [3.63, 3.8) is 0 Å². The quantitative estimate of drug-likeness (QED) is 0.666. The van der Waals surface area contributed by atoms with Crippen LogP contribution < -0.4 is 5.73 Å². The van der Waals surface area contributed by atoms with Crippen LogP contribution in [-0.4, -0.2) is 20.8 Å². The average Bonchev–Trinajstić information content (AvgIpc) is 2.36. The van der Waals surface area contributed by atoms with Gasteiger partial charge in [0.1, 0.15) is 10.2 Å². The lowest BCUT2D eigenvalue weighted by Crippen LogP contribution is -2.01. The van der Waals surface area contributed by atoms with Gasteiger partial charge in [-0.25, -0.2) is 9.97 Å². The molecule has 0 bridgehead atoms. The summed E-state index contributed by atoms with van der Waals surface area (Å²) in [5.41, 5.74) is 6.37. The zero-order valence-electron chi connectivity index (χ0n) is 9.45. The van der Waals surface area contributed by atoms with Crippen molar-refractivity contribution in [2.24, 2.45) is 0 Å². The zero-order valence-corrected chi connectivity index (χ0v) is 11.0. The number of rotatable bonds is 4. The second kappa shape index (κ2) is 6.04. The molecule has 0 radical (unpaired) electrons. The lowest BCUT2D eigenvalue weighted by molar-refractivity contribution is 0.204. The van der Waals surface area contributed by atoms with Gasteiger partial charge in [-0.15, -0.1) is 11.8 Å². The molecule has 1 aromatic carbocycles. The van der Waals surface area contributed by atoms with Crippen molar-refractivity contribution in [1.82, 2.24) is 9.97 Å². The van der Waals surface area contributed by atoms with Crippen LogP contribution in [0.4, 0.5) is 5.95 Å². The predicted molar refractivity (Wildman–Crippen MR) is 73.6 cm³/mol. The first-order valence-electron chi connectivity index (χ1n) is 5.31. The third-order valence-electron chi connectivity index (χ3n) is 2.26. The van der Waals surface area contributed by atoms with Gasteiger partial charge in [0, 0.05) is 11.8 Å². The van der Waals surface area contributed by atoms with Crippen molar-refractivity contribution in [2.45, 2.75) is 11.1 Å². The minimum atomic E-state index is -0.550. The monoisotopic (exact) mass is 281 g/mol. The second-order valence-corrected chi connectivity index (χ2v) is 5.05. The van der Waals surface area contributed by atoms with E-state index in [4.69, 9.17) is 17.3 Å². The van der Waals surface area contributed by atoms with Gasteiger partial charge in [0.05, 0.1) is 6.10 Å². The Bertz CT molecular complexity index is 504. The van der Waals surface area contributed by atoms with Gasteiger partial charge in [-0.05, 0) is 5.56 Å². The standard InChI is InChI=1S/C12H12ClN3OS/c13-10-6-11(16-12(14)15-10)18-7-9(17)8-4-2-1-3-5-8/h1-6,9,17H,7H2,(H2,14,15,16)/t9-/m1/s1. The van der Waals surface area contributed by atoms with Crippen LogP contribution in [0.1, 0.15) is 11.7 Å². The number of hydrogen-bond donors (Lipinski definition) is 2. The van der Waals surface area contributed by atoms with E-state index in [2.05, 4.69) is 9.97 Å². The van der Waals surface area contributed by atoms with Crippen LogP contribution in [0.3, 0.4) is 0 Å². The highest BCUT2D eigenvalue weighted by molar-refractivity contribution is 7.99. The Morgan fingerprint density at radius 2 is 2.00 bits per heavy atom. The van der Waals surface area contributed by atoms with Crippen molar-refractivity contribution in [1.29, 1.82) is 0 Å². The molecule has 0 aliphatic rings. The molecule has 0 saturated heterocycles. The first-order chi connectivity index (χ1) is 8.65. The summed E-state index contributed by atoms with van der Waals surface area (Å²) >= 11 is 7.16. The summed E-state index contributed by atoms with van der Waals surface area (Å²) in [6.07, 6.45) is -0.550. The van der Waals surface area contributed by atoms with Crippen molar-refractivity contribution in [3.8, 4) is 0 Å². The van der Waals surface area contributed by atoms with Crippen LogP contribution in [0.5, 0.6) is 0 Å². The largest absolute Gasteiger partial charge is 0.388 e. The van der Waals surface area contributed by atoms with E-state index in [0.29, 0.717) is 15.9 Å². The minimum Gasteiger partial charge on any atom is -0.388 e. The number of aromatic nitrogens is 2. The summed E-state index contributed by atoms with van der Waals surface area (Å²) in [5.74, 6) is 0.621. The molecule has 0 aliphatic heterocycles. The topological polar surface area (TPSA) is 72.0 Å². The van der Waals surface area contributed by atoms with Crippen LogP contribution in [0.15, 0.2) is 41.4 Å². The van der Waals surface area contributed by atoms with Crippen LogP contribution in [0.2, 0.25) is 5.15 Å². The molecule has 94 valence electrons. The molecule has 2 rings (SSSR count). The molecule has 0 unspecified atom stereocenters. The predicted octanol–water partition coefficient (Wildman–Crippen LogP) is 2.54. The summed E-state index contributed by atoms with van der Waals surface area (Å²) in [6, 6.07) is 11.1. The Labute approximate surface area is 114 Å². The number of nitrogens with zero attached hydrogens (tertiary/aromatic N) is 2. The van der Waals surface area contributed by atoms with E-state index in [9.17, 15) is 5.11 Å². The SMILES string of the molecule is Nc1nc(Cl)cc(SC[C@@H](O)c2ccccc2)n1. The van der Waals surface area contributed by atoms with Gasteiger partial charge >= 0.3 is 0 Å². The van der Waals surface area contributed by atoms with Crippen molar-refractivity contribution in [3.05, 3.63) is 47.1 Å². The van der Waals surface area contributed by atoms with Gasteiger partial charge in [-0.3, -0.25) is 0 Å². The van der Waals surface area contributed by atoms with Crippen LogP contribution in [0, 0.1) is 0 Å². The highest BCUT2D eigenvalue weighted by Crippen LogP contribution is 2.25. The summed E-state index contributed by atoms with van der Waals surface area (Å²) in [5, 5.41) is 11.0. The molecule has 0 fully saturated rings. The van der Waals surface area contributed by atoms with Crippen LogP contribution in [0.25, 0.3) is 0 Å². The zero-order chi connectivity index (χ0) is 13.0. The van der Waals surface area contributed by atoms with Crippen molar-refractivity contribution in [2.75, 3.05) is 11.5 Å². The van der Waals surface area contributed by atoms with E-state index in [0.717, 1.165) is 5.56 Å². The lowest BCUT2D eigenvalue weighted by Gasteiger charge is -2.10. The van der Waals surface area contributed by atoms with E-state index in [-0.39, 0.29) is 5.95 Å². The van der Waals surface area contributed by atoms with Crippen molar-refractivity contribution < 1.29 is 5.11 Å². The number of hydrogen-bond acceptors (Lipinski definition) is 5. The average molecular weight is 282 g/mol. The molecular formula is C12H12ClN3OS. The van der Waals surface area contributed by atoms with E-state index in [1.54, 1.807) is 6.07 Å². The number of aliphatic hydroxyl groups excluding tert-OH is 1. The molecule has 0 spiro atoms. The van der Waals surface area contributed by atoms with E-state index >= 15 is 0 Å². The number of halogens is 1. The molecule has 0 saturated carbocycles. The number of thioether (sulfide) groups is 1. The highest BCUT2D eigenvalue weighted by atomic mass is 35.5. The molecule has 0 aliphatic carbocycles. The molecule has 3 N–H and O–H groups in total. The molecule has 2 aromatic rings. The summed E-state index contributed by atoms with van der Waals surface area (Å²) in [4.78, 5) is 7.81. The number of nitrogens with two attached hydrogens (primary N) is 1. The third kappa shape index (κ3) is 3.60. The maximum Gasteiger partial charge on any atom is 0.222 e. The fraction of sp³-hybridized carbons (Fsp3) is 0.167. The van der Waals surface area contributed by atoms with E-state index in [1.807, 2.05) is 30.3 Å². The summed E-state index contributed by atoms with van der Waals surface area (Å²) in [6.45, 7) is 0. The van der Waals surface area contributed by atoms with Crippen LogP contribution in [-0.2, 0) is 0 Å². The fourth-order valence-corrected chi connectivity index (χ4v) is 2.55. The molecule has 0 amide bonds. The lowest BCUT2D eigenvalue weighted by atomic mass is 10.1. The maximum absolute atomic E-state index is 9.99. The number of nitrogen functional groups attached to an aromatic ring is 1. The molecule has 4 nitrogen and oxygen atoms in total. The smallest absolute Gasteiger partial charge is 0.222 e. The number of anilines is 1. The van der Waals surface area contributed by atoms with Gasteiger partial charge < -0.3 is 10.8 Å². The van der Waals surface area contributed by atoms with Gasteiger partial charge in [0.2, 0.25) is 5.95 Å². The Hall–Kier alpha value is -1.30. The van der Waals surface area contributed by atoms with Crippen LogP contribution >= 0.6 is 23.4 Å². The minimum absolute atomic E-state index is 0.138. The Morgan fingerprint density at radius 3 is 2.67 bits per heavy atom. The molecule has 1 heterocycles. The Balaban J connectivity index is 1.99. The Morgan fingerprint density at radius 1 is 1.28 bits per heavy atom. The summed E-state index contributed by atoms with van der Waals surface area (Å²) < 4.78 is 0. The summed E-state index contributed by atoms with van der Waals surface area (Å²) in [7, 11) is 0. The van der Waals surface area contributed by atoms with Crippen molar-refractivity contribution >= 4 is 29.3 Å².